The van der Waals surface area contributed by atoms with Crippen LogP contribution in [-0.4, -0.2) is 42.3 Å². The van der Waals surface area contributed by atoms with E-state index in [9.17, 15) is 4.79 Å². The second kappa shape index (κ2) is 5.77. The van der Waals surface area contributed by atoms with Gasteiger partial charge >= 0.3 is 0 Å². The van der Waals surface area contributed by atoms with Crippen molar-refractivity contribution in [2.24, 2.45) is 0 Å². The highest BCUT2D eigenvalue weighted by atomic mass is 16.5. The Hall–Kier alpha value is -1.43. The van der Waals surface area contributed by atoms with E-state index in [1.165, 1.54) is 0 Å². The quantitative estimate of drug-likeness (QED) is 0.753. The van der Waals surface area contributed by atoms with Gasteiger partial charge in [-0.1, -0.05) is 30.3 Å². The Morgan fingerprint density at radius 3 is 2.53 bits per heavy atom. The van der Waals surface area contributed by atoms with Gasteiger partial charge in [0.2, 0.25) is 5.91 Å². The van der Waals surface area contributed by atoms with Crippen molar-refractivity contribution in [3.05, 3.63) is 35.9 Å². The molecule has 1 fully saturated rings. The van der Waals surface area contributed by atoms with E-state index in [1.54, 1.807) is 4.90 Å². The summed E-state index contributed by atoms with van der Waals surface area (Å²) in [6.45, 7) is 2.26. The molecule has 1 aromatic rings. The summed E-state index contributed by atoms with van der Waals surface area (Å²) in [6, 6.07) is 8.48. The van der Waals surface area contributed by atoms with E-state index in [2.05, 4.69) is 5.48 Å². The fraction of sp³-hybridized carbons (Fsp3) is 0.417. The average molecular weight is 236 g/mol. The fourth-order valence-corrected chi connectivity index (χ4v) is 1.88. The second-order valence-electron chi connectivity index (χ2n) is 3.91. The van der Waals surface area contributed by atoms with Crippen molar-refractivity contribution < 1.29 is 14.7 Å². The van der Waals surface area contributed by atoms with Crippen LogP contribution >= 0.6 is 0 Å². The molecule has 1 atom stereocenters. The Bertz CT molecular complexity index is 363. The third-order valence-electron chi connectivity index (χ3n) is 2.83. The number of ether oxygens (including phenoxy) is 1. The van der Waals surface area contributed by atoms with Gasteiger partial charge in [-0.15, -0.1) is 0 Å². The molecule has 1 heterocycles. The number of carbonyl (C=O) groups is 1. The van der Waals surface area contributed by atoms with Gasteiger partial charge in [-0.05, 0) is 5.56 Å². The third-order valence-corrected chi connectivity index (χ3v) is 2.83. The van der Waals surface area contributed by atoms with Crippen LogP contribution < -0.4 is 5.48 Å². The predicted molar refractivity (Wildman–Crippen MR) is 61.5 cm³/mol. The van der Waals surface area contributed by atoms with Crippen molar-refractivity contribution in [1.29, 1.82) is 0 Å². The van der Waals surface area contributed by atoms with Gasteiger partial charge in [0, 0.05) is 13.1 Å². The Labute approximate surface area is 99.9 Å². The Balaban J connectivity index is 2.10. The highest BCUT2D eigenvalue weighted by Gasteiger charge is 2.26. The molecule has 0 aromatic heterocycles. The van der Waals surface area contributed by atoms with E-state index in [0.717, 1.165) is 5.56 Å². The summed E-state index contributed by atoms with van der Waals surface area (Å²) >= 11 is 0. The molecule has 1 aliphatic rings. The molecule has 0 radical (unpaired) electrons. The van der Waals surface area contributed by atoms with Gasteiger partial charge in [-0.2, -0.15) is 5.48 Å². The van der Waals surface area contributed by atoms with E-state index >= 15 is 0 Å². The molecule has 2 N–H and O–H groups in total. The SMILES string of the molecule is O=C(C(NO)c1ccccc1)N1CCOCC1. The van der Waals surface area contributed by atoms with Crippen LogP contribution in [-0.2, 0) is 9.53 Å². The number of hydroxylamine groups is 1. The largest absolute Gasteiger partial charge is 0.378 e. The van der Waals surface area contributed by atoms with Gasteiger partial charge in [0.15, 0.2) is 0 Å². The summed E-state index contributed by atoms with van der Waals surface area (Å²) in [4.78, 5) is 13.9. The first kappa shape index (κ1) is 12.0. The molecular formula is C12H16N2O3. The summed E-state index contributed by atoms with van der Waals surface area (Å²) in [5, 5.41) is 9.15. The number of morpholine rings is 1. The maximum Gasteiger partial charge on any atom is 0.246 e. The summed E-state index contributed by atoms with van der Waals surface area (Å²) < 4.78 is 5.19. The minimum Gasteiger partial charge on any atom is -0.378 e. The van der Waals surface area contributed by atoms with Crippen LogP contribution in [0.5, 0.6) is 0 Å². The number of benzene rings is 1. The lowest BCUT2D eigenvalue weighted by molar-refractivity contribution is -0.140. The molecule has 0 saturated carbocycles. The minimum atomic E-state index is -0.700. The van der Waals surface area contributed by atoms with Crippen molar-refractivity contribution in [2.45, 2.75) is 6.04 Å². The summed E-state index contributed by atoms with van der Waals surface area (Å²) in [5.74, 6) is -0.123. The smallest absolute Gasteiger partial charge is 0.246 e. The Kier molecular flexibility index (Phi) is 4.08. The van der Waals surface area contributed by atoms with E-state index in [4.69, 9.17) is 9.94 Å². The van der Waals surface area contributed by atoms with Crippen molar-refractivity contribution >= 4 is 5.91 Å². The monoisotopic (exact) mass is 236 g/mol. The highest BCUT2D eigenvalue weighted by molar-refractivity contribution is 5.83. The van der Waals surface area contributed by atoms with Gasteiger partial charge in [0.25, 0.3) is 0 Å². The summed E-state index contributed by atoms with van der Waals surface area (Å²) in [7, 11) is 0. The second-order valence-corrected chi connectivity index (χ2v) is 3.91. The fourth-order valence-electron chi connectivity index (χ4n) is 1.88. The third kappa shape index (κ3) is 2.82. The standard InChI is InChI=1S/C12H16N2O3/c15-12(14-6-8-17-9-7-14)11(13-16)10-4-2-1-3-5-10/h1-5,11,13,16H,6-9H2. The zero-order valence-electron chi connectivity index (χ0n) is 9.50. The molecule has 5 heteroatoms. The first-order valence-corrected chi connectivity index (χ1v) is 5.64. The normalized spacial score (nSPS) is 17.8. The Morgan fingerprint density at radius 2 is 1.94 bits per heavy atom. The number of hydrogen-bond acceptors (Lipinski definition) is 4. The van der Waals surface area contributed by atoms with Crippen molar-refractivity contribution in [3.63, 3.8) is 0 Å². The maximum atomic E-state index is 12.2. The van der Waals surface area contributed by atoms with Crippen LogP contribution in [0.15, 0.2) is 30.3 Å². The van der Waals surface area contributed by atoms with Gasteiger partial charge in [0.05, 0.1) is 13.2 Å². The maximum absolute atomic E-state index is 12.2. The Morgan fingerprint density at radius 1 is 1.29 bits per heavy atom. The van der Waals surface area contributed by atoms with Crippen molar-refractivity contribution in [1.82, 2.24) is 10.4 Å². The molecule has 5 nitrogen and oxygen atoms in total. The molecule has 1 aliphatic heterocycles. The first-order chi connectivity index (χ1) is 8.33. The lowest BCUT2D eigenvalue weighted by atomic mass is 10.1. The van der Waals surface area contributed by atoms with Crippen LogP contribution in [0.1, 0.15) is 11.6 Å². The molecule has 1 amide bonds. The number of carbonyl (C=O) groups excluding carboxylic acids is 1. The van der Waals surface area contributed by atoms with Crippen LogP contribution in [0.3, 0.4) is 0 Å². The first-order valence-electron chi connectivity index (χ1n) is 5.64. The molecule has 0 bridgehead atoms. The average Bonchev–Trinajstić information content (AvgIpc) is 2.42. The van der Waals surface area contributed by atoms with Crippen LogP contribution in [0.2, 0.25) is 0 Å². The highest BCUT2D eigenvalue weighted by Crippen LogP contribution is 2.15. The predicted octanol–water partition coefficient (Wildman–Crippen LogP) is 0.565. The van der Waals surface area contributed by atoms with Crippen molar-refractivity contribution in [3.8, 4) is 0 Å². The van der Waals surface area contributed by atoms with Crippen molar-refractivity contribution in [2.75, 3.05) is 26.3 Å². The summed E-state index contributed by atoms with van der Waals surface area (Å²) in [5.41, 5.74) is 2.84. The topological polar surface area (TPSA) is 61.8 Å². The number of rotatable bonds is 3. The van der Waals surface area contributed by atoms with Crippen LogP contribution in [0.25, 0.3) is 0 Å². The molecular weight excluding hydrogens is 220 g/mol. The van der Waals surface area contributed by atoms with Gasteiger partial charge in [0.1, 0.15) is 6.04 Å². The number of amides is 1. The molecule has 1 unspecified atom stereocenters. The van der Waals surface area contributed by atoms with E-state index in [0.29, 0.717) is 26.3 Å². The van der Waals surface area contributed by atoms with Gasteiger partial charge < -0.3 is 14.8 Å². The van der Waals surface area contributed by atoms with E-state index in [1.807, 2.05) is 30.3 Å². The van der Waals surface area contributed by atoms with Gasteiger partial charge in [-0.3, -0.25) is 4.79 Å². The molecule has 1 aromatic carbocycles. The number of nitrogens with one attached hydrogen (secondary N) is 1. The molecule has 2 rings (SSSR count). The zero-order chi connectivity index (χ0) is 12.1. The summed E-state index contributed by atoms with van der Waals surface area (Å²) in [6.07, 6.45) is 0. The molecule has 1 saturated heterocycles. The van der Waals surface area contributed by atoms with Crippen LogP contribution in [0, 0.1) is 0 Å². The molecule has 92 valence electrons. The molecule has 0 spiro atoms. The lowest BCUT2D eigenvalue weighted by Gasteiger charge is -2.30. The van der Waals surface area contributed by atoms with E-state index < -0.39 is 6.04 Å². The van der Waals surface area contributed by atoms with Gasteiger partial charge in [-0.25, -0.2) is 0 Å². The number of nitrogens with zero attached hydrogens (tertiary/aromatic N) is 1. The number of hydrogen-bond donors (Lipinski definition) is 2. The molecule has 0 aliphatic carbocycles. The molecule has 17 heavy (non-hydrogen) atoms. The minimum absolute atomic E-state index is 0.123. The van der Waals surface area contributed by atoms with E-state index in [-0.39, 0.29) is 5.91 Å². The van der Waals surface area contributed by atoms with Crippen LogP contribution in [0.4, 0.5) is 0 Å². The zero-order valence-corrected chi connectivity index (χ0v) is 9.50. The lowest BCUT2D eigenvalue weighted by Crippen LogP contribution is -2.45.